The average molecular weight is 499 g/mol. The molecule has 2 amide bonds. The zero-order valence-corrected chi connectivity index (χ0v) is 22.1. The normalized spacial score (nSPS) is 20.7. The average Bonchev–Trinajstić information content (AvgIpc) is 3.32. The fraction of sp³-hybridized carbons (Fsp3) is 0.452. The molecule has 1 atom stereocenters. The molecule has 0 saturated heterocycles. The van der Waals surface area contributed by atoms with Gasteiger partial charge in [0.1, 0.15) is 11.2 Å². The van der Waals surface area contributed by atoms with Crippen LogP contribution in [0.15, 0.2) is 60.7 Å². The molecule has 1 saturated carbocycles. The first-order chi connectivity index (χ1) is 18.0. The second-order valence-electron chi connectivity index (χ2n) is 10.8. The van der Waals surface area contributed by atoms with Crippen LogP contribution in [0.5, 0.6) is 0 Å². The van der Waals surface area contributed by atoms with Crippen LogP contribution >= 0.6 is 0 Å². The van der Waals surface area contributed by atoms with Crippen molar-refractivity contribution in [2.24, 2.45) is 0 Å². The van der Waals surface area contributed by atoms with E-state index in [1.165, 1.54) is 24.8 Å². The Morgan fingerprint density at radius 2 is 1.65 bits per heavy atom. The number of carbonyl (C=O) groups is 2. The fourth-order valence-electron chi connectivity index (χ4n) is 5.65. The molecular formula is C31H38N4O2. The number of benzene rings is 2. The van der Waals surface area contributed by atoms with Crippen LogP contribution in [0.2, 0.25) is 0 Å². The lowest BCUT2D eigenvalue weighted by molar-refractivity contribution is -0.134. The molecule has 194 valence electrons. The fourth-order valence-corrected chi connectivity index (χ4v) is 5.65. The van der Waals surface area contributed by atoms with Crippen LogP contribution in [-0.4, -0.2) is 38.1 Å². The number of nitrogens with one attached hydrogen (secondary N) is 1. The number of aromatic nitrogens is 2. The molecule has 0 unspecified atom stereocenters. The molecular weight excluding hydrogens is 460 g/mol. The summed E-state index contributed by atoms with van der Waals surface area (Å²) in [6, 6.07) is 20.3. The third-order valence-electron chi connectivity index (χ3n) is 8.07. The minimum Gasteiger partial charge on any atom is -0.351 e. The molecule has 2 aromatic carbocycles. The third kappa shape index (κ3) is 5.34. The number of hydrogen-bond acceptors (Lipinski definition) is 3. The minimum absolute atomic E-state index is 0.0858. The van der Waals surface area contributed by atoms with Gasteiger partial charge in [0.25, 0.3) is 5.91 Å². The highest BCUT2D eigenvalue weighted by molar-refractivity contribution is 6.00. The van der Waals surface area contributed by atoms with Crippen LogP contribution in [-0.2, 0) is 24.3 Å². The van der Waals surface area contributed by atoms with Crippen molar-refractivity contribution >= 4 is 11.8 Å². The van der Waals surface area contributed by atoms with Gasteiger partial charge < -0.3 is 10.2 Å². The maximum atomic E-state index is 14.0. The first-order valence-corrected chi connectivity index (χ1v) is 13.8. The van der Waals surface area contributed by atoms with Gasteiger partial charge in [-0.2, -0.15) is 5.10 Å². The summed E-state index contributed by atoms with van der Waals surface area (Å²) in [5, 5.41) is 8.15. The molecule has 0 spiro atoms. The summed E-state index contributed by atoms with van der Waals surface area (Å²) >= 11 is 0. The first-order valence-electron chi connectivity index (χ1n) is 13.8. The van der Waals surface area contributed by atoms with Crippen molar-refractivity contribution in [2.45, 2.75) is 89.9 Å². The zero-order chi connectivity index (χ0) is 25.8. The van der Waals surface area contributed by atoms with Gasteiger partial charge >= 0.3 is 0 Å². The summed E-state index contributed by atoms with van der Waals surface area (Å²) in [6.07, 6.45) is 8.97. The van der Waals surface area contributed by atoms with Crippen molar-refractivity contribution in [1.82, 2.24) is 20.0 Å². The second kappa shape index (κ2) is 10.9. The topological polar surface area (TPSA) is 67.2 Å². The van der Waals surface area contributed by atoms with Crippen molar-refractivity contribution < 1.29 is 9.59 Å². The Balaban J connectivity index is 1.47. The Bertz CT molecular complexity index is 1230. The lowest BCUT2D eigenvalue weighted by Crippen LogP contribution is -2.64. The van der Waals surface area contributed by atoms with Gasteiger partial charge in [-0.25, -0.2) is 0 Å². The van der Waals surface area contributed by atoms with E-state index in [9.17, 15) is 9.59 Å². The van der Waals surface area contributed by atoms with Crippen molar-refractivity contribution in [3.63, 3.8) is 0 Å². The second-order valence-corrected chi connectivity index (χ2v) is 10.8. The number of nitrogens with zero attached hydrogens (tertiary/aromatic N) is 3. The van der Waals surface area contributed by atoms with Crippen LogP contribution in [0.25, 0.3) is 11.3 Å². The molecule has 2 aliphatic rings. The third-order valence-corrected chi connectivity index (χ3v) is 8.07. The van der Waals surface area contributed by atoms with E-state index >= 15 is 0 Å². The largest absolute Gasteiger partial charge is 0.351 e. The van der Waals surface area contributed by atoms with E-state index in [1.807, 2.05) is 43.3 Å². The number of amides is 2. The molecule has 5 rings (SSSR count). The number of rotatable bonds is 6. The number of aryl methyl sites for hydroxylation is 1. The summed E-state index contributed by atoms with van der Waals surface area (Å²) in [6.45, 7) is 4.73. The predicted octanol–water partition coefficient (Wildman–Crippen LogP) is 5.76. The highest BCUT2D eigenvalue weighted by Crippen LogP contribution is 2.32. The Kier molecular flexibility index (Phi) is 7.45. The van der Waals surface area contributed by atoms with Crippen molar-refractivity contribution in [3.05, 3.63) is 77.5 Å². The highest BCUT2D eigenvalue weighted by Gasteiger charge is 2.48. The Morgan fingerprint density at radius 1 is 0.973 bits per heavy atom. The molecule has 0 bridgehead atoms. The van der Waals surface area contributed by atoms with E-state index in [4.69, 9.17) is 5.10 Å². The van der Waals surface area contributed by atoms with Crippen molar-refractivity contribution in [1.29, 1.82) is 0 Å². The van der Waals surface area contributed by atoms with Gasteiger partial charge in [0.05, 0.1) is 12.2 Å². The van der Waals surface area contributed by atoms with Gasteiger partial charge in [0, 0.05) is 18.2 Å². The summed E-state index contributed by atoms with van der Waals surface area (Å²) in [5.41, 5.74) is 3.48. The lowest BCUT2D eigenvalue weighted by Gasteiger charge is -2.44. The SMILES string of the molecule is CCc1ccc(-c2cc3n(n2)C[C@](C)(C(=O)NC2CCCCCCC2)N(Cc2ccccc2)C3=O)cc1. The Morgan fingerprint density at radius 3 is 2.32 bits per heavy atom. The minimum atomic E-state index is -1.04. The molecule has 2 heterocycles. The molecule has 0 radical (unpaired) electrons. The standard InChI is InChI=1S/C31H38N4O2/c1-3-23-16-18-25(19-17-23)27-20-28-29(36)34(21-24-12-8-7-9-13-24)31(2,22-35(28)33-27)30(37)32-26-14-10-5-4-6-11-15-26/h7-9,12-13,16-20,26H,3-6,10-11,14-15,21-22H2,1-2H3,(H,32,37)/t31-/m1/s1. The summed E-state index contributed by atoms with van der Waals surface area (Å²) in [5.74, 6) is -0.244. The molecule has 6 heteroatoms. The summed E-state index contributed by atoms with van der Waals surface area (Å²) in [7, 11) is 0. The van der Waals surface area contributed by atoms with Crippen LogP contribution in [0.1, 0.15) is 80.4 Å². The van der Waals surface area contributed by atoms with E-state index in [2.05, 4.69) is 36.5 Å². The number of hydrogen-bond donors (Lipinski definition) is 1. The molecule has 1 N–H and O–H groups in total. The van der Waals surface area contributed by atoms with Gasteiger partial charge in [-0.15, -0.1) is 0 Å². The molecule has 1 aliphatic heterocycles. The van der Waals surface area contributed by atoms with E-state index in [0.717, 1.165) is 48.9 Å². The predicted molar refractivity (Wildman–Crippen MR) is 146 cm³/mol. The first kappa shape index (κ1) is 25.2. The molecule has 37 heavy (non-hydrogen) atoms. The molecule has 1 aliphatic carbocycles. The number of fused-ring (bicyclic) bond motifs is 1. The zero-order valence-electron chi connectivity index (χ0n) is 22.1. The Hall–Kier alpha value is -3.41. The van der Waals surface area contributed by atoms with Gasteiger partial charge in [-0.05, 0) is 43.4 Å². The van der Waals surface area contributed by atoms with Gasteiger partial charge in [0.2, 0.25) is 5.91 Å². The quantitative estimate of drug-likeness (QED) is 0.470. The van der Waals surface area contributed by atoms with Gasteiger partial charge in [0.15, 0.2) is 0 Å². The molecule has 1 fully saturated rings. The number of carbonyl (C=O) groups excluding carboxylic acids is 2. The van der Waals surface area contributed by atoms with E-state index < -0.39 is 5.54 Å². The lowest BCUT2D eigenvalue weighted by atomic mass is 9.91. The monoisotopic (exact) mass is 498 g/mol. The maximum Gasteiger partial charge on any atom is 0.273 e. The van der Waals surface area contributed by atoms with Crippen molar-refractivity contribution in [3.8, 4) is 11.3 Å². The smallest absolute Gasteiger partial charge is 0.273 e. The van der Waals surface area contributed by atoms with Crippen LogP contribution in [0, 0.1) is 0 Å². The molecule has 6 nitrogen and oxygen atoms in total. The van der Waals surface area contributed by atoms with E-state index in [-0.39, 0.29) is 17.9 Å². The highest BCUT2D eigenvalue weighted by atomic mass is 16.2. The molecule has 3 aromatic rings. The van der Waals surface area contributed by atoms with E-state index in [0.29, 0.717) is 18.8 Å². The van der Waals surface area contributed by atoms with Gasteiger partial charge in [-0.1, -0.05) is 93.6 Å². The van der Waals surface area contributed by atoms with Crippen LogP contribution in [0.3, 0.4) is 0 Å². The van der Waals surface area contributed by atoms with E-state index in [1.54, 1.807) is 9.58 Å². The Labute approximate surface area is 220 Å². The van der Waals surface area contributed by atoms with Crippen LogP contribution < -0.4 is 5.32 Å². The van der Waals surface area contributed by atoms with Crippen LogP contribution in [0.4, 0.5) is 0 Å². The molecule has 1 aromatic heterocycles. The summed E-state index contributed by atoms with van der Waals surface area (Å²) in [4.78, 5) is 29.7. The van der Waals surface area contributed by atoms with Gasteiger partial charge in [-0.3, -0.25) is 14.3 Å². The van der Waals surface area contributed by atoms with Crippen molar-refractivity contribution in [2.75, 3.05) is 0 Å². The maximum absolute atomic E-state index is 14.0. The summed E-state index contributed by atoms with van der Waals surface area (Å²) < 4.78 is 1.74.